The number of hydrogen-bond acceptors (Lipinski definition) is 4. The highest BCUT2D eigenvalue weighted by Crippen LogP contribution is 2.34. The quantitative estimate of drug-likeness (QED) is 0.676. The fourth-order valence-electron chi connectivity index (χ4n) is 1.90. The van der Waals surface area contributed by atoms with Gasteiger partial charge in [-0.2, -0.15) is 0 Å². The smallest absolute Gasteiger partial charge is 0.185 e. The highest BCUT2D eigenvalue weighted by Gasteiger charge is 2.10. The van der Waals surface area contributed by atoms with Crippen LogP contribution in [0, 0.1) is 0 Å². The van der Waals surface area contributed by atoms with Crippen LogP contribution >= 0.6 is 0 Å². The second-order valence-electron chi connectivity index (χ2n) is 4.33. The topological polar surface area (TPSA) is 55.8 Å². The maximum atomic E-state index is 12.0. The lowest BCUT2D eigenvalue weighted by Gasteiger charge is -2.09. The van der Waals surface area contributed by atoms with Gasteiger partial charge in [0.15, 0.2) is 5.78 Å². The first kappa shape index (κ1) is 14.7. The van der Waals surface area contributed by atoms with E-state index in [0.29, 0.717) is 22.6 Å². The van der Waals surface area contributed by atoms with Crippen LogP contribution in [0.1, 0.15) is 15.9 Å². The summed E-state index contributed by atoms with van der Waals surface area (Å²) in [5.74, 6) is 0.760. The predicted molar refractivity (Wildman–Crippen MR) is 81.0 cm³/mol. The number of benzene rings is 2. The molecule has 0 aromatic heterocycles. The molecular formula is C17H16O4. The number of carbonyl (C=O) groups is 1. The molecule has 0 heterocycles. The number of phenolic OH excluding ortho intramolecular Hbond substituents is 1. The average molecular weight is 284 g/mol. The van der Waals surface area contributed by atoms with Gasteiger partial charge in [-0.05, 0) is 12.2 Å². The number of rotatable bonds is 5. The molecule has 2 aromatic carbocycles. The lowest BCUT2D eigenvalue weighted by atomic mass is 10.1. The minimum absolute atomic E-state index is 0.0108. The summed E-state index contributed by atoms with van der Waals surface area (Å²) >= 11 is 0. The Balaban J connectivity index is 2.31. The van der Waals surface area contributed by atoms with E-state index in [4.69, 9.17) is 9.47 Å². The number of ketones is 1. The van der Waals surface area contributed by atoms with E-state index in [1.54, 1.807) is 30.3 Å². The predicted octanol–water partition coefficient (Wildman–Crippen LogP) is 3.31. The molecule has 0 atom stereocenters. The molecule has 0 aliphatic carbocycles. The van der Waals surface area contributed by atoms with Crippen molar-refractivity contribution >= 4 is 11.9 Å². The van der Waals surface area contributed by atoms with Crippen LogP contribution in [-0.2, 0) is 0 Å². The summed E-state index contributed by atoms with van der Waals surface area (Å²) in [5.41, 5.74) is 1.02. The van der Waals surface area contributed by atoms with E-state index < -0.39 is 0 Å². The Morgan fingerprint density at radius 3 is 2.43 bits per heavy atom. The lowest BCUT2D eigenvalue weighted by Crippen LogP contribution is -1.94. The third-order valence-electron chi connectivity index (χ3n) is 3.01. The molecule has 4 nitrogen and oxygen atoms in total. The maximum absolute atomic E-state index is 12.0. The Labute approximate surface area is 123 Å². The summed E-state index contributed by atoms with van der Waals surface area (Å²) in [6, 6.07) is 12.0. The number of carbonyl (C=O) groups excluding carboxylic acids is 1. The Morgan fingerprint density at radius 1 is 1.10 bits per heavy atom. The number of methoxy groups -OCH3 is 2. The van der Waals surface area contributed by atoms with Gasteiger partial charge in [-0.25, -0.2) is 0 Å². The van der Waals surface area contributed by atoms with E-state index in [0.717, 1.165) is 0 Å². The summed E-state index contributed by atoms with van der Waals surface area (Å²) in [7, 11) is 2.99. The largest absolute Gasteiger partial charge is 0.507 e. The molecule has 0 aliphatic heterocycles. The van der Waals surface area contributed by atoms with Gasteiger partial charge in [-0.3, -0.25) is 4.79 Å². The van der Waals surface area contributed by atoms with Crippen molar-refractivity contribution in [1.29, 1.82) is 0 Å². The van der Waals surface area contributed by atoms with Crippen LogP contribution in [0.2, 0.25) is 0 Å². The second kappa shape index (κ2) is 6.61. The zero-order valence-corrected chi connectivity index (χ0v) is 11.9. The van der Waals surface area contributed by atoms with Gasteiger partial charge in [0.1, 0.15) is 17.2 Å². The van der Waals surface area contributed by atoms with Crippen molar-refractivity contribution in [1.82, 2.24) is 0 Å². The van der Waals surface area contributed by atoms with Crippen molar-refractivity contribution < 1.29 is 19.4 Å². The first-order valence-corrected chi connectivity index (χ1v) is 6.38. The third-order valence-corrected chi connectivity index (χ3v) is 3.01. The first-order chi connectivity index (χ1) is 10.2. The van der Waals surface area contributed by atoms with Gasteiger partial charge < -0.3 is 14.6 Å². The summed E-state index contributed by atoms with van der Waals surface area (Å²) in [6.45, 7) is 0. The Hall–Kier alpha value is -2.75. The number of allylic oxidation sites excluding steroid dienone is 1. The lowest BCUT2D eigenvalue weighted by molar-refractivity contribution is 0.104. The monoisotopic (exact) mass is 284 g/mol. The highest BCUT2D eigenvalue weighted by atomic mass is 16.5. The van der Waals surface area contributed by atoms with Crippen LogP contribution in [0.25, 0.3) is 6.08 Å². The van der Waals surface area contributed by atoms with E-state index >= 15 is 0 Å². The van der Waals surface area contributed by atoms with Crippen molar-refractivity contribution in [2.75, 3.05) is 14.2 Å². The molecule has 2 aromatic rings. The van der Waals surface area contributed by atoms with Crippen molar-refractivity contribution in [2.24, 2.45) is 0 Å². The van der Waals surface area contributed by atoms with Gasteiger partial charge in [0.05, 0.1) is 19.8 Å². The number of phenols is 1. The van der Waals surface area contributed by atoms with Crippen molar-refractivity contribution in [3.63, 3.8) is 0 Å². The van der Waals surface area contributed by atoms with E-state index in [1.165, 1.54) is 32.4 Å². The van der Waals surface area contributed by atoms with Crippen LogP contribution in [0.5, 0.6) is 17.2 Å². The number of hydrogen-bond donors (Lipinski definition) is 1. The van der Waals surface area contributed by atoms with Crippen LogP contribution in [0.4, 0.5) is 0 Å². The molecule has 2 rings (SSSR count). The molecule has 4 heteroatoms. The normalized spacial score (nSPS) is 10.6. The molecule has 0 saturated carbocycles. The first-order valence-electron chi connectivity index (χ1n) is 6.38. The molecule has 0 aliphatic rings. The van der Waals surface area contributed by atoms with Gasteiger partial charge in [-0.15, -0.1) is 0 Å². The Kier molecular flexibility index (Phi) is 4.61. The minimum Gasteiger partial charge on any atom is -0.507 e. The number of aromatic hydroxyl groups is 1. The van der Waals surface area contributed by atoms with Gasteiger partial charge in [-0.1, -0.05) is 30.3 Å². The highest BCUT2D eigenvalue weighted by molar-refractivity contribution is 6.07. The fourth-order valence-corrected chi connectivity index (χ4v) is 1.90. The fraction of sp³-hybridized carbons (Fsp3) is 0.118. The molecule has 1 N–H and O–H groups in total. The van der Waals surface area contributed by atoms with Gasteiger partial charge >= 0.3 is 0 Å². The SMILES string of the molecule is COc1cc(O)c(/C=C/C(=O)c2ccccc2)c(OC)c1. The molecule has 0 fully saturated rings. The summed E-state index contributed by atoms with van der Waals surface area (Å²) in [5, 5.41) is 10.00. The maximum Gasteiger partial charge on any atom is 0.185 e. The standard InChI is InChI=1S/C17H16O4/c1-20-13-10-16(19)14(17(11-13)21-2)8-9-15(18)12-6-4-3-5-7-12/h3-11,19H,1-2H3/b9-8+. The van der Waals surface area contributed by atoms with Crippen molar-refractivity contribution in [3.05, 3.63) is 59.7 Å². The van der Waals surface area contributed by atoms with E-state index in [-0.39, 0.29) is 11.5 Å². The Morgan fingerprint density at radius 2 is 1.81 bits per heavy atom. The van der Waals surface area contributed by atoms with Crippen molar-refractivity contribution in [3.8, 4) is 17.2 Å². The minimum atomic E-state index is -0.145. The van der Waals surface area contributed by atoms with E-state index in [1.807, 2.05) is 6.07 Å². The van der Waals surface area contributed by atoms with Crippen LogP contribution < -0.4 is 9.47 Å². The summed E-state index contributed by atoms with van der Waals surface area (Å²) in [4.78, 5) is 12.0. The van der Waals surface area contributed by atoms with Gasteiger partial charge in [0.2, 0.25) is 0 Å². The van der Waals surface area contributed by atoms with Gasteiger partial charge in [0, 0.05) is 17.7 Å². The Bertz CT molecular complexity index is 660. The van der Waals surface area contributed by atoms with E-state index in [9.17, 15) is 9.90 Å². The van der Waals surface area contributed by atoms with Gasteiger partial charge in [0.25, 0.3) is 0 Å². The molecular weight excluding hydrogens is 268 g/mol. The summed E-state index contributed by atoms with van der Waals surface area (Å²) in [6.07, 6.45) is 2.93. The molecule has 21 heavy (non-hydrogen) atoms. The van der Waals surface area contributed by atoms with E-state index in [2.05, 4.69) is 0 Å². The zero-order valence-electron chi connectivity index (χ0n) is 11.9. The molecule has 0 spiro atoms. The average Bonchev–Trinajstić information content (AvgIpc) is 2.53. The molecule has 0 amide bonds. The van der Waals surface area contributed by atoms with Crippen LogP contribution in [0.15, 0.2) is 48.5 Å². The third kappa shape index (κ3) is 3.42. The van der Waals surface area contributed by atoms with Crippen LogP contribution in [0.3, 0.4) is 0 Å². The van der Waals surface area contributed by atoms with Crippen LogP contribution in [-0.4, -0.2) is 25.1 Å². The molecule has 0 radical (unpaired) electrons. The molecule has 0 unspecified atom stereocenters. The zero-order chi connectivity index (χ0) is 15.2. The summed E-state index contributed by atoms with van der Waals surface area (Å²) < 4.78 is 10.3. The molecule has 108 valence electrons. The molecule has 0 saturated heterocycles. The molecule has 0 bridgehead atoms. The number of ether oxygens (including phenoxy) is 2. The van der Waals surface area contributed by atoms with Crippen molar-refractivity contribution in [2.45, 2.75) is 0 Å². The second-order valence-corrected chi connectivity index (χ2v) is 4.33.